The molecule has 0 aliphatic carbocycles. The third kappa shape index (κ3) is 4.90. The molecule has 2 aromatic rings. The Morgan fingerprint density at radius 2 is 1.50 bits per heavy atom. The molecule has 0 heterocycles. The lowest BCUT2D eigenvalue weighted by molar-refractivity contribution is 0.100. The third-order valence-electron chi connectivity index (χ3n) is 3.36. The number of hydrogen-bond donors (Lipinski definition) is 2. The number of carbonyl (C=O) groups is 1. The van der Waals surface area contributed by atoms with E-state index < -0.39 is 5.91 Å². The molecule has 0 spiro atoms. The smallest absolute Gasteiger partial charge is 0.248 e. The lowest BCUT2D eigenvalue weighted by Gasteiger charge is -2.18. The van der Waals surface area contributed by atoms with E-state index in [4.69, 9.17) is 16.2 Å². The molecular formula is C18H22N2O2. The molecule has 22 heavy (non-hydrogen) atoms. The molecule has 0 fully saturated rings. The zero-order valence-electron chi connectivity index (χ0n) is 13.0. The number of amides is 1. The Hall–Kier alpha value is -2.33. The van der Waals surface area contributed by atoms with Crippen molar-refractivity contribution in [1.82, 2.24) is 0 Å². The van der Waals surface area contributed by atoms with Crippen molar-refractivity contribution in [3.63, 3.8) is 0 Å². The maximum atomic E-state index is 11.0. The quantitative estimate of drug-likeness (QED) is 0.859. The van der Waals surface area contributed by atoms with Crippen LogP contribution in [0.5, 0.6) is 11.5 Å². The van der Waals surface area contributed by atoms with Gasteiger partial charge in [-0.15, -0.1) is 0 Å². The van der Waals surface area contributed by atoms with Crippen molar-refractivity contribution in [2.45, 2.75) is 32.2 Å². The number of benzene rings is 2. The second kappa shape index (κ2) is 6.62. The van der Waals surface area contributed by atoms with Crippen LogP contribution in [0, 0.1) is 0 Å². The van der Waals surface area contributed by atoms with Crippen molar-refractivity contribution < 1.29 is 9.53 Å². The third-order valence-corrected chi connectivity index (χ3v) is 3.36. The van der Waals surface area contributed by atoms with Crippen LogP contribution in [0.1, 0.15) is 36.2 Å². The minimum absolute atomic E-state index is 0.155. The van der Waals surface area contributed by atoms with Crippen LogP contribution in [0.15, 0.2) is 48.5 Å². The van der Waals surface area contributed by atoms with Crippen LogP contribution in [-0.2, 0) is 6.42 Å². The van der Waals surface area contributed by atoms with Crippen molar-refractivity contribution in [3.05, 3.63) is 59.7 Å². The summed E-state index contributed by atoms with van der Waals surface area (Å²) in [4.78, 5) is 11.0. The normalized spacial score (nSPS) is 11.2. The van der Waals surface area contributed by atoms with Gasteiger partial charge in [-0.2, -0.15) is 0 Å². The summed E-state index contributed by atoms with van der Waals surface area (Å²) in [5, 5.41) is 0. The summed E-state index contributed by atoms with van der Waals surface area (Å²) in [6.07, 6.45) is 1.87. The fraction of sp³-hybridized carbons (Fsp3) is 0.278. The molecule has 0 aliphatic heterocycles. The molecule has 0 unspecified atom stereocenters. The molecule has 4 nitrogen and oxygen atoms in total. The molecule has 4 heteroatoms. The lowest BCUT2D eigenvalue weighted by Crippen LogP contribution is -2.32. The van der Waals surface area contributed by atoms with Crippen molar-refractivity contribution in [2.75, 3.05) is 0 Å². The highest BCUT2D eigenvalue weighted by molar-refractivity contribution is 5.92. The van der Waals surface area contributed by atoms with Crippen molar-refractivity contribution in [3.8, 4) is 11.5 Å². The van der Waals surface area contributed by atoms with Gasteiger partial charge in [0.05, 0.1) is 0 Å². The Bertz CT molecular complexity index is 626. The van der Waals surface area contributed by atoms with E-state index in [9.17, 15) is 4.79 Å². The van der Waals surface area contributed by atoms with Gasteiger partial charge in [0.2, 0.25) is 5.91 Å². The first-order chi connectivity index (χ1) is 10.3. The fourth-order valence-electron chi connectivity index (χ4n) is 2.01. The van der Waals surface area contributed by atoms with E-state index in [1.54, 1.807) is 24.3 Å². The summed E-state index contributed by atoms with van der Waals surface area (Å²) in [6, 6.07) is 14.7. The van der Waals surface area contributed by atoms with E-state index in [0.29, 0.717) is 11.3 Å². The molecule has 4 N–H and O–H groups in total. The van der Waals surface area contributed by atoms with E-state index in [2.05, 4.69) is 0 Å². The molecule has 0 saturated heterocycles. The summed E-state index contributed by atoms with van der Waals surface area (Å²) < 4.78 is 5.74. The van der Waals surface area contributed by atoms with E-state index in [1.807, 2.05) is 38.1 Å². The average molecular weight is 298 g/mol. The minimum Gasteiger partial charge on any atom is -0.457 e. The maximum Gasteiger partial charge on any atom is 0.248 e. The largest absolute Gasteiger partial charge is 0.457 e. The molecule has 0 saturated carbocycles. The fourth-order valence-corrected chi connectivity index (χ4v) is 2.01. The number of primary amides is 1. The number of carbonyl (C=O) groups excluding carboxylic acids is 1. The first kappa shape index (κ1) is 16.0. The Kier molecular flexibility index (Phi) is 4.83. The molecule has 0 radical (unpaired) electrons. The van der Waals surface area contributed by atoms with Crippen LogP contribution in [-0.4, -0.2) is 11.4 Å². The monoisotopic (exact) mass is 298 g/mol. The molecule has 0 aliphatic rings. The SMILES string of the molecule is CC(C)(N)CCc1ccc(Oc2ccc(C(N)=O)cc2)cc1. The highest BCUT2D eigenvalue weighted by atomic mass is 16.5. The van der Waals surface area contributed by atoms with Crippen LogP contribution in [0.2, 0.25) is 0 Å². The lowest BCUT2D eigenvalue weighted by atomic mass is 9.97. The predicted octanol–water partition coefficient (Wildman–Crippen LogP) is 3.25. The first-order valence-corrected chi connectivity index (χ1v) is 7.29. The van der Waals surface area contributed by atoms with Crippen molar-refractivity contribution >= 4 is 5.91 Å². The number of rotatable bonds is 6. The number of aryl methyl sites for hydroxylation is 1. The second-order valence-corrected chi connectivity index (χ2v) is 6.12. The average Bonchev–Trinajstić information content (AvgIpc) is 2.46. The van der Waals surface area contributed by atoms with Gasteiger partial charge in [0.1, 0.15) is 11.5 Å². The molecular weight excluding hydrogens is 276 g/mol. The molecule has 2 rings (SSSR count). The summed E-state index contributed by atoms with van der Waals surface area (Å²) >= 11 is 0. The van der Waals surface area contributed by atoms with Crippen molar-refractivity contribution in [2.24, 2.45) is 11.5 Å². The predicted molar refractivity (Wildman–Crippen MR) is 88.1 cm³/mol. The van der Waals surface area contributed by atoms with E-state index in [1.165, 1.54) is 5.56 Å². The molecule has 2 aromatic carbocycles. The van der Waals surface area contributed by atoms with Gasteiger partial charge in [0.15, 0.2) is 0 Å². The molecule has 0 atom stereocenters. The van der Waals surface area contributed by atoms with Crippen LogP contribution < -0.4 is 16.2 Å². The summed E-state index contributed by atoms with van der Waals surface area (Å²) in [5.41, 5.74) is 12.7. The summed E-state index contributed by atoms with van der Waals surface area (Å²) in [6.45, 7) is 4.06. The van der Waals surface area contributed by atoms with Crippen LogP contribution in [0.4, 0.5) is 0 Å². The zero-order valence-corrected chi connectivity index (χ0v) is 13.0. The zero-order chi connectivity index (χ0) is 16.2. The first-order valence-electron chi connectivity index (χ1n) is 7.29. The molecule has 0 aromatic heterocycles. The van der Waals surface area contributed by atoms with E-state index in [0.717, 1.165) is 18.6 Å². The van der Waals surface area contributed by atoms with E-state index >= 15 is 0 Å². The van der Waals surface area contributed by atoms with E-state index in [-0.39, 0.29) is 5.54 Å². The second-order valence-electron chi connectivity index (χ2n) is 6.12. The van der Waals surface area contributed by atoms with Crippen molar-refractivity contribution in [1.29, 1.82) is 0 Å². The highest BCUT2D eigenvalue weighted by Gasteiger charge is 2.10. The van der Waals surface area contributed by atoms with Gasteiger partial charge < -0.3 is 16.2 Å². The Balaban J connectivity index is 1.97. The minimum atomic E-state index is -0.446. The number of hydrogen-bond acceptors (Lipinski definition) is 3. The van der Waals surface area contributed by atoms with Gasteiger partial charge in [-0.1, -0.05) is 12.1 Å². The van der Waals surface area contributed by atoms with Crippen LogP contribution >= 0.6 is 0 Å². The number of ether oxygens (including phenoxy) is 1. The molecule has 1 amide bonds. The van der Waals surface area contributed by atoms with Gasteiger partial charge in [-0.05, 0) is 68.7 Å². The Morgan fingerprint density at radius 1 is 1.00 bits per heavy atom. The molecule has 116 valence electrons. The number of nitrogens with two attached hydrogens (primary N) is 2. The van der Waals surface area contributed by atoms with Crippen LogP contribution in [0.25, 0.3) is 0 Å². The van der Waals surface area contributed by atoms with Crippen LogP contribution in [0.3, 0.4) is 0 Å². The van der Waals surface area contributed by atoms with Gasteiger partial charge in [-0.3, -0.25) is 4.79 Å². The Morgan fingerprint density at radius 3 is 1.95 bits per heavy atom. The Labute approximate surface area is 131 Å². The van der Waals surface area contributed by atoms with Gasteiger partial charge in [-0.25, -0.2) is 0 Å². The topological polar surface area (TPSA) is 78.3 Å². The van der Waals surface area contributed by atoms with Gasteiger partial charge in [0.25, 0.3) is 0 Å². The summed E-state index contributed by atoms with van der Waals surface area (Å²) in [7, 11) is 0. The highest BCUT2D eigenvalue weighted by Crippen LogP contribution is 2.22. The summed E-state index contributed by atoms with van der Waals surface area (Å²) in [5.74, 6) is 0.974. The van der Waals surface area contributed by atoms with Gasteiger partial charge >= 0.3 is 0 Å². The molecule has 0 bridgehead atoms. The standard InChI is InChI=1S/C18H22N2O2/c1-18(2,20)12-11-13-3-7-15(8-4-13)22-16-9-5-14(6-10-16)17(19)21/h3-10H,11-12,20H2,1-2H3,(H2,19,21). The van der Waals surface area contributed by atoms with Gasteiger partial charge in [0, 0.05) is 11.1 Å². The maximum absolute atomic E-state index is 11.0.